The summed E-state index contributed by atoms with van der Waals surface area (Å²) in [4.78, 5) is 1.27. The van der Waals surface area contributed by atoms with Crippen molar-refractivity contribution in [1.29, 1.82) is 0 Å². The Bertz CT molecular complexity index is 390. The van der Waals surface area contributed by atoms with Crippen LogP contribution < -0.4 is 10.1 Å². The molecule has 0 amide bonds. The highest BCUT2D eigenvalue weighted by Crippen LogP contribution is 2.38. The molecule has 0 bridgehead atoms. The fourth-order valence-electron chi connectivity index (χ4n) is 2.71. The van der Waals surface area contributed by atoms with Crippen molar-refractivity contribution in [3.8, 4) is 5.75 Å². The molecule has 1 aromatic rings. The molecule has 1 fully saturated rings. The van der Waals surface area contributed by atoms with Crippen molar-refractivity contribution in [1.82, 2.24) is 5.32 Å². The molecule has 19 heavy (non-hydrogen) atoms. The third kappa shape index (κ3) is 3.65. The van der Waals surface area contributed by atoms with Gasteiger partial charge in [-0.1, -0.05) is 6.42 Å². The molecule has 1 aliphatic carbocycles. The maximum absolute atomic E-state index is 9.61. The van der Waals surface area contributed by atoms with Crippen LogP contribution in [0.4, 0.5) is 0 Å². The van der Waals surface area contributed by atoms with Gasteiger partial charge in [-0.15, -0.1) is 11.8 Å². The van der Waals surface area contributed by atoms with E-state index >= 15 is 0 Å². The van der Waals surface area contributed by atoms with E-state index in [0.29, 0.717) is 5.25 Å². The molecular weight excluding hydrogens is 258 g/mol. The Hall–Kier alpha value is -0.710. The number of rotatable bonds is 5. The lowest BCUT2D eigenvalue weighted by atomic mass is 9.82. The molecule has 3 nitrogen and oxygen atoms in total. The standard InChI is InChI=1S/C15H23NO2S/c1-16-15(11-17)9-3-4-14(10-15)19-13-7-5-12(18-2)6-8-13/h5-8,14,16-17H,3-4,9-11H2,1-2H3. The van der Waals surface area contributed by atoms with Crippen molar-refractivity contribution < 1.29 is 9.84 Å². The van der Waals surface area contributed by atoms with Gasteiger partial charge in [-0.3, -0.25) is 0 Å². The van der Waals surface area contributed by atoms with Gasteiger partial charge in [0.2, 0.25) is 0 Å². The minimum atomic E-state index is -0.0810. The molecule has 4 heteroatoms. The molecule has 1 saturated carbocycles. The molecule has 0 aromatic heterocycles. The predicted octanol–water partition coefficient (Wildman–Crippen LogP) is 2.68. The highest BCUT2D eigenvalue weighted by atomic mass is 32.2. The zero-order valence-corrected chi connectivity index (χ0v) is 12.5. The van der Waals surface area contributed by atoms with E-state index in [1.807, 2.05) is 30.9 Å². The zero-order chi connectivity index (χ0) is 13.7. The number of hydrogen-bond acceptors (Lipinski definition) is 4. The van der Waals surface area contributed by atoms with Gasteiger partial charge in [0.25, 0.3) is 0 Å². The maximum atomic E-state index is 9.61. The van der Waals surface area contributed by atoms with Crippen LogP contribution in [-0.4, -0.2) is 36.7 Å². The summed E-state index contributed by atoms with van der Waals surface area (Å²) in [6.45, 7) is 0.225. The van der Waals surface area contributed by atoms with Crippen molar-refractivity contribution in [3.05, 3.63) is 24.3 Å². The summed E-state index contributed by atoms with van der Waals surface area (Å²) < 4.78 is 5.17. The van der Waals surface area contributed by atoms with Crippen LogP contribution in [0.3, 0.4) is 0 Å². The maximum Gasteiger partial charge on any atom is 0.118 e. The highest BCUT2D eigenvalue weighted by molar-refractivity contribution is 8.00. The van der Waals surface area contributed by atoms with Crippen LogP contribution in [0, 0.1) is 0 Å². The summed E-state index contributed by atoms with van der Waals surface area (Å²) in [6.07, 6.45) is 4.49. The quantitative estimate of drug-likeness (QED) is 0.871. The second-order valence-corrected chi connectivity index (χ2v) is 6.57. The average Bonchev–Trinajstić information content (AvgIpc) is 2.48. The summed E-state index contributed by atoms with van der Waals surface area (Å²) >= 11 is 1.91. The normalized spacial score (nSPS) is 27.2. The molecule has 2 N–H and O–H groups in total. The number of methoxy groups -OCH3 is 1. The third-order valence-electron chi connectivity index (χ3n) is 4.00. The lowest BCUT2D eigenvalue weighted by Gasteiger charge is -2.39. The molecule has 0 heterocycles. The number of thioether (sulfide) groups is 1. The second kappa shape index (κ2) is 6.64. The van der Waals surface area contributed by atoms with Crippen LogP contribution >= 0.6 is 11.8 Å². The minimum Gasteiger partial charge on any atom is -0.497 e. The average molecular weight is 281 g/mol. The fourth-order valence-corrected chi connectivity index (χ4v) is 4.07. The van der Waals surface area contributed by atoms with Gasteiger partial charge in [-0.2, -0.15) is 0 Å². The Morgan fingerprint density at radius 2 is 2.16 bits per heavy atom. The molecule has 106 valence electrons. The number of ether oxygens (including phenoxy) is 1. The molecular formula is C15H23NO2S. The Labute approximate surface area is 119 Å². The monoisotopic (exact) mass is 281 g/mol. The van der Waals surface area contributed by atoms with E-state index in [4.69, 9.17) is 4.74 Å². The Balaban J connectivity index is 1.98. The largest absolute Gasteiger partial charge is 0.497 e. The van der Waals surface area contributed by atoms with Gasteiger partial charge in [-0.05, 0) is 50.6 Å². The van der Waals surface area contributed by atoms with E-state index in [-0.39, 0.29) is 12.1 Å². The molecule has 0 spiro atoms. The van der Waals surface area contributed by atoms with E-state index < -0.39 is 0 Å². The molecule has 0 saturated heterocycles. The lowest BCUT2D eigenvalue weighted by Crippen LogP contribution is -2.50. The molecule has 2 atom stereocenters. The van der Waals surface area contributed by atoms with Crippen LogP contribution in [0.5, 0.6) is 5.75 Å². The first kappa shape index (κ1) is 14.7. The molecule has 0 aliphatic heterocycles. The van der Waals surface area contributed by atoms with Gasteiger partial charge in [0.15, 0.2) is 0 Å². The predicted molar refractivity (Wildman–Crippen MR) is 80.0 cm³/mol. The second-order valence-electron chi connectivity index (χ2n) is 5.20. The van der Waals surface area contributed by atoms with Crippen LogP contribution in [0.15, 0.2) is 29.2 Å². The Morgan fingerprint density at radius 3 is 2.74 bits per heavy atom. The smallest absolute Gasteiger partial charge is 0.118 e. The van der Waals surface area contributed by atoms with Crippen molar-refractivity contribution in [2.45, 2.75) is 41.4 Å². The van der Waals surface area contributed by atoms with E-state index in [1.165, 1.54) is 17.7 Å². The summed E-state index contributed by atoms with van der Waals surface area (Å²) in [5, 5.41) is 13.5. The van der Waals surface area contributed by atoms with Gasteiger partial charge < -0.3 is 15.2 Å². The fraction of sp³-hybridized carbons (Fsp3) is 0.600. The lowest BCUT2D eigenvalue weighted by molar-refractivity contribution is 0.131. The molecule has 2 unspecified atom stereocenters. The van der Waals surface area contributed by atoms with Crippen LogP contribution in [-0.2, 0) is 0 Å². The number of aliphatic hydroxyl groups is 1. The van der Waals surface area contributed by atoms with Crippen LogP contribution in [0.1, 0.15) is 25.7 Å². The van der Waals surface area contributed by atoms with Crippen molar-refractivity contribution in [2.75, 3.05) is 20.8 Å². The number of hydrogen-bond donors (Lipinski definition) is 2. The molecule has 1 aliphatic rings. The van der Waals surface area contributed by atoms with E-state index in [9.17, 15) is 5.11 Å². The summed E-state index contributed by atoms with van der Waals surface area (Å²) in [5.74, 6) is 0.896. The summed E-state index contributed by atoms with van der Waals surface area (Å²) in [7, 11) is 3.64. The number of benzene rings is 1. The van der Waals surface area contributed by atoms with Crippen molar-refractivity contribution >= 4 is 11.8 Å². The van der Waals surface area contributed by atoms with E-state index in [1.54, 1.807) is 7.11 Å². The number of likely N-dealkylation sites (N-methyl/N-ethyl adjacent to an activating group) is 1. The summed E-state index contributed by atoms with van der Waals surface area (Å²) in [5.41, 5.74) is -0.0810. The van der Waals surface area contributed by atoms with Crippen LogP contribution in [0.2, 0.25) is 0 Å². The first-order chi connectivity index (χ1) is 9.21. The van der Waals surface area contributed by atoms with Gasteiger partial charge in [0.1, 0.15) is 5.75 Å². The molecule has 2 rings (SSSR count). The SMILES string of the molecule is CNC1(CO)CCCC(Sc2ccc(OC)cc2)C1. The summed E-state index contributed by atoms with van der Waals surface area (Å²) in [6, 6.07) is 8.22. The first-order valence-electron chi connectivity index (χ1n) is 6.82. The Kier molecular flexibility index (Phi) is 5.13. The molecule has 0 radical (unpaired) electrons. The Morgan fingerprint density at radius 1 is 1.42 bits per heavy atom. The van der Waals surface area contributed by atoms with Gasteiger partial charge in [0, 0.05) is 15.7 Å². The zero-order valence-electron chi connectivity index (χ0n) is 11.7. The van der Waals surface area contributed by atoms with Gasteiger partial charge >= 0.3 is 0 Å². The van der Waals surface area contributed by atoms with E-state index in [0.717, 1.165) is 18.6 Å². The van der Waals surface area contributed by atoms with Crippen LogP contribution in [0.25, 0.3) is 0 Å². The number of nitrogens with one attached hydrogen (secondary N) is 1. The topological polar surface area (TPSA) is 41.5 Å². The van der Waals surface area contributed by atoms with Crippen molar-refractivity contribution in [2.24, 2.45) is 0 Å². The van der Waals surface area contributed by atoms with Gasteiger partial charge in [-0.25, -0.2) is 0 Å². The minimum absolute atomic E-state index is 0.0810. The number of aliphatic hydroxyl groups excluding tert-OH is 1. The van der Waals surface area contributed by atoms with E-state index in [2.05, 4.69) is 17.4 Å². The van der Waals surface area contributed by atoms with Crippen molar-refractivity contribution in [3.63, 3.8) is 0 Å². The van der Waals surface area contributed by atoms with Gasteiger partial charge in [0.05, 0.1) is 13.7 Å². The highest BCUT2D eigenvalue weighted by Gasteiger charge is 2.34. The first-order valence-corrected chi connectivity index (χ1v) is 7.70. The third-order valence-corrected chi connectivity index (χ3v) is 5.28. The molecule has 1 aromatic carbocycles.